The molecular formula is C12H8ClN3O. The molecule has 0 atom stereocenters. The quantitative estimate of drug-likeness (QED) is 0.717. The predicted octanol–water partition coefficient (Wildman–Crippen LogP) is 2.78. The van der Waals surface area contributed by atoms with Gasteiger partial charge in [0.1, 0.15) is 5.75 Å². The first kappa shape index (κ1) is 10.1. The molecule has 2 heterocycles. The van der Waals surface area contributed by atoms with E-state index >= 15 is 0 Å². The Labute approximate surface area is 102 Å². The van der Waals surface area contributed by atoms with E-state index < -0.39 is 0 Å². The Morgan fingerprint density at radius 3 is 2.88 bits per heavy atom. The monoisotopic (exact) mass is 245 g/mol. The molecule has 0 saturated carbocycles. The summed E-state index contributed by atoms with van der Waals surface area (Å²) in [5.41, 5.74) is 0.642. The largest absolute Gasteiger partial charge is 0.507 e. The number of aromatic hydroxyl groups is 1. The zero-order valence-electron chi connectivity index (χ0n) is 8.71. The first-order valence-corrected chi connectivity index (χ1v) is 5.41. The van der Waals surface area contributed by atoms with Gasteiger partial charge in [0.25, 0.3) is 0 Å². The van der Waals surface area contributed by atoms with Crippen LogP contribution in [0.5, 0.6) is 5.75 Å². The van der Waals surface area contributed by atoms with Crippen molar-refractivity contribution in [3.63, 3.8) is 0 Å². The highest BCUT2D eigenvalue weighted by Crippen LogP contribution is 2.27. The molecule has 3 rings (SSSR count). The summed E-state index contributed by atoms with van der Waals surface area (Å²) in [6, 6.07) is 8.54. The van der Waals surface area contributed by atoms with Crippen molar-refractivity contribution in [2.75, 3.05) is 0 Å². The minimum Gasteiger partial charge on any atom is -0.507 e. The van der Waals surface area contributed by atoms with Crippen molar-refractivity contribution in [2.45, 2.75) is 0 Å². The number of pyridine rings is 1. The van der Waals surface area contributed by atoms with Crippen molar-refractivity contribution in [1.82, 2.24) is 14.8 Å². The molecule has 0 bridgehead atoms. The van der Waals surface area contributed by atoms with Gasteiger partial charge in [0.15, 0.2) is 5.82 Å². The van der Waals surface area contributed by atoms with Crippen LogP contribution in [0, 0.1) is 0 Å². The van der Waals surface area contributed by atoms with Crippen molar-refractivity contribution >= 4 is 22.5 Å². The zero-order valence-corrected chi connectivity index (χ0v) is 9.46. The van der Waals surface area contributed by atoms with Gasteiger partial charge in [0, 0.05) is 28.9 Å². The maximum absolute atomic E-state index is 9.92. The van der Waals surface area contributed by atoms with E-state index in [0.29, 0.717) is 21.7 Å². The molecule has 0 aliphatic rings. The summed E-state index contributed by atoms with van der Waals surface area (Å²) >= 11 is 5.90. The van der Waals surface area contributed by atoms with Gasteiger partial charge in [-0.15, -0.1) is 0 Å². The second-order valence-electron chi connectivity index (χ2n) is 3.61. The highest BCUT2D eigenvalue weighted by atomic mass is 35.5. The number of hydrogen-bond acceptors (Lipinski definition) is 3. The molecule has 0 aliphatic carbocycles. The Balaban J connectivity index is 2.29. The Kier molecular flexibility index (Phi) is 2.23. The molecule has 2 aromatic heterocycles. The zero-order chi connectivity index (χ0) is 11.8. The van der Waals surface area contributed by atoms with Crippen LogP contribution in [0.2, 0.25) is 5.02 Å². The van der Waals surface area contributed by atoms with E-state index in [1.807, 2.05) is 0 Å². The average Bonchev–Trinajstić information content (AvgIpc) is 2.81. The maximum atomic E-state index is 9.92. The first-order chi connectivity index (χ1) is 8.24. The Morgan fingerprint density at radius 2 is 2.12 bits per heavy atom. The molecule has 0 saturated heterocycles. The lowest BCUT2D eigenvalue weighted by atomic mass is 10.2. The number of aromatic nitrogens is 3. The van der Waals surface area contributed by atoms with E-state index in [0.717, 1.165) is 0 Å². The first-order valence-electron chi connectivity index (χ1n) is 5.03. The molecule has 0 radical (unpaired) electrons. The fourth-order valence-corrected chi connectivity index (χ4v) is 1.86. The van der Waals surface area contributed by atoms with E-state index in [1.54, 1.807) is 47.4 Å². The Morgan fingerprint density at radius 1 is 1.24 bits per heavy atom. The summed E-state index contributed by atoms with van der Waals surface area (Å²) in [5, 5.41) is 15.2. The summed E-state index contributed by atoms with van der Waals surface area (Å²) in [6.07, 6.45) is 3.42. The Hall–Kier alpha value is -2.07. The second-order valence-corrected chi connectivity index (χ2v) is 4.05. The minimum absolute atomic E-state index is 0.164. The van der Waals surface area contributed by atoms with E-state index in [-0.39, 0.29) is 5.75 Å². The third kappa shape index (κ3) is 1.72. The van der Waals surface area contributed by atoms with E-state index in [4.69, 9.17) is 11.6 Å². The van der Waals surface area contributed by atoms with Crippen LogP contribution in [-0.4, -0.2) is 19.9 Å². The van der Waals surface area contributed by atoms with E-state index in [1.165, 1.54) is 0 Å². The fourth-order valence-electron chi connectivity index (χ4n) is 1.69. The average molecular weight is 246 g/mol. The minimum atomic E-state index is 0.164. The number of rotatable bonds is 1. The van der Waals surface area contributed by atoms with Gasteiger partial charge in [0.05, 0.1) is 5.52 Å². The van der Waals surface area contributed by atoms with Crippen LogP contribution >= 0.6 is 11.6 Å². The molecule has 0 fully saturated rings. The van der Waals surface area contributed by atoms with Gasteiger partial charge in [-0.3, -0.25) is 0 Å². The molecule has 1 aromatic carbocycles. The molecule has 1 N–H and O–H groups in total. The van der Waals surface area contributed by atoms with Crippen LogP contribution in [0.25, 0.3) is 16.7 Å². The smallest absolute Gasteiger partial charge is 0.157 e. The highest BCUT2D eigenvalue weighted by molar-refractivity contribution is 6.31. The van der Waals surface area contributed by atoms with Crippen molar-refractivity contribution in [3.8, 4) is 11.6 Å². The molecule has 0 spiro atoms. The SMILES string of the molecule is Oc1cc(-n2cccn2)nc2cc(Cl)ccc12. The van der Waals surface area contributed by atoms with Crippen LogP contribution in [0.15, 0.2) is 42.7 Å². The fraction of sp³-hybridized carbons (Fsp3) is 0. The molecule has 0 amide bonds. The van der Waals surface area contributed by atoms with Gasteiger partial charge in [-0.05, 0) is 24.3 Å². The van der Waals surface area contributed by atoms with Crippen molar-refractivity contribution < 1.29 is 5.11 Å². The molecular weight excluding hydrogens is 238 g/mol. The summed E-state index contributed by atoms with van der Waals surface area (Å²) in [5.74, 6) is 0.722. The van der Waals surface area contributed by atoms with Crippen molar-refractivity contribution in [1.29, 1.82) is 0 Å². The topological polar surface area (TPSA) is 50.9 Å². The summed E-state index contributed by atoms with van der Waals surface area (Å²) < 4.78 is 1.58. The van der Waals surface area contributed by atoms with E-state index in [9.17, 15) is 5.11 Å². The van der Waals surface area contributed by atoms with Gasteiger partial charge in [-0.1, -0.05) is 11.6 Å². The normalized spacial score (nSPS) is 10.9. The number of hydrogen-bond donors (Lipinski definition) is 1. The third-order valence-electron chi connectivity index (χ3n) is 2.48. The number of fused-ring (bicyclic) bond motifs is 1. The van der Waals surface area contributed by atoms with Gasteiger partial charge < -0.3 is 5.11 Å². The summed E-state index contributed by atoms with van der Waals surface area (Å²) in [7, 11) is 0. The number of benzene rings is 1. The van der Waals surface area contributed by atoms with Gasteiger partial charge in [-0.25, -0.2) is 9.67 Å². The molecule has 84 valence electrons. The molecule has 3 aromatic rings. The maximum Gasteiger partial charge on any atom is 0.157 e. The van der Waals surface area contributed by atoms with Gasteiger partial charge in [0.2, 0.25) is 0 Å². The highest BCUT2D eigenvalue weighted by Gasteiger charge is 2.06. The van der Waals surface area contributed by atoms with Crippen LogP contribution in [0.4, 0.5) is 0 Å². The lowest BCUT2D eigenvalue weighted by molar-refractivity contribution is 0.480. The second kappa shape index (κ2) is 3.75. The molecule has 0 aliphatic heterocycles. The summed E-state index contributed by atoms with van der Waals surface area (Å²) in [6.45, 7) is 0. The lowest BCUT2D eigenvalue weighted by Gasteiger charge is -2.05. The predicted molar refractivity (Wildman–Crippen MR) is 65.5 cm³/mol. The van der Waals surface area contributed by atoms with Crippen molar-refractivity contribution in [2.24, 2.45) is 0 Å². The molecule has 5 heteroatoms. The van der Waals surface area contributed by atoms with Gasteiger partial charge >= 0.3 is 0 Å². The van der Waals surface area contributed by atoms with Gasteiger partial charge in [-0.2, -0.15) is 5.10 Å². The molecule has 4 nitrogen and oxygen atoms in total. The van der Waals surface area contributed by atoms with Crippen LogP contribution in [0.3, 0.4) is 0 Å². The van der Waals surface area contributed by atoms with E-state index in [2.05, 4.69) is 10.1 Å². The lowest BCUT2D eigenvalue weighted by Crippen LogP contribution is -1.97. The Bertz CT molecular complexity index is 680. The third-order valence-corrected chi connectivity index (χ3v) is 2.71. The van der Waals surface area contributed by atoms with Crippen LogP contribution in [0.1, 0.15) is 0 Å². The standard InChI is InChI=1S/C12H8ClN3O/c13-8-2-3-9-10(6-8)15-12(7-11(9)17)16-5-1-4-14-16/h1-7H,(H,15,17). The molecule has 0 unspecified atom stereocenters. The summed E-state index contributed by atoms with van der Waals surface area (Å²) in [4.78, 5) is 4.40. The molecule has 17 heavy (non-hydrogen) atoms. The number of halogens is 1. The van der Waals surface area contributed by atoms with Crippen LogP contribution < -0.4 is 0 Å². The number of nitrogens with zero attached hydrogens (tertiary/aromatic N) is 3. The van der Waals surface area contributed by atoms with Crippen LogP contribution in [-0.2, 0) is 0 Å². The van der Waals surface area contributed by atoms with Crippen molar-refractivity contribution in [3.05, 3.63) is 47.7 Å².